The van der Waals surface area contributed by atoms with Gasteiger partial charge in [-0.15, -0.1) is 5.43 Å². The van der Waals surface area contributed by atoms with Crippen LogP contribution in [0.2, 0.25) is 5.02 Å². The molecule has 0 bridgehead atoms. The molecule has 2 N–H and O–H groups in total. The molecule has 2 aromatic rings. The smallest absolute Gasteiger partial charge is 0.267 e. The molecule has 116 valence electrons. The molecule has 2 rings (SSSR count). The van der Waals surface area contributed by atoms with E-state index < -0.39 is 0 Å². The van der Waals surface area contributed by atoms with Crippen LogP contribution in [0.4, 0.5) is 5.82 Å². The maximum atomic E-state index is 5.96. The predicted molar refractivity (Wildman–Crippen MR) is 92.2 cm³/mol. The normalized spacial score (nSPS) is 10.2. The molecule has 0 aliphatic rings. The van der Waals surface area contributed by atoms with E-state index in [4.69, 9.17) is 11.6 Å². The van der Waals surface area contributed by atoms with Crippen LogP contribution >= 0.6 is 11.6 Å². The number of hydrazone groups is 1. The summed E-state index contributed by atoms with van der Waals surface area (Å²) < 4.78 is 3.71. The average Bonchev–Trinajstić information content (AvgIpc) is 2.94. The quantitative estimate of drug-likeness (QED) is 0.394. The van der Waals surface area contributed by atoms with Gasteiger partial charge in [0, 0.05) is 5.02 Å². The fourth-order valence-corrected chi connectivity index (χ4v) is 2.35. The highest BCUT2D eigenvalue weighted by Crippen LogP contribution is 2.28. The number of H-pyrrole nitrogens is 1. The number of hydrogen-bond acceptors (Lipinski definition) is 0. The van der Waals surface area contributed by atoms with Gasteiger partial charge in [-0.1, -0.05) is 28.4 Å². The Kier molecular flexibility index (Phi) is 4.88. The van der Waals surface area contributed by atoms with Crippen LogP contribution in [0.3, 0.4) is 0 Å². The summed E-state index contributed by atoms with van der Waals surface area (Å²) in [5.41, 5.74) is 5.40. The Labute approximate surface area is 136 Å². The lowest BCUT2D eigenvalue weighted by atomic mass is 10.1. The number of hydrazine groups is 1. The summed E-state index contributed by atoms with van der Waals surface area (Å²) >= 11 is 5.96. The van der Waals surface area contributed by atoms with Gasteiger partial charge in [-0.2, -0.15) is 0 Å². The van der Waals surface area contributed by atoms with E-state index in [0.717, 1.165) is 27.9 Å². The first-order valence-electron chi connectivity index (χ1n) is 6.92. The number of nitrogens with zero attached hydrogens (tertiary/aromatic N) is 3. The summed E-state index contributed by atoms with van der Waals surface area (Å²) in [6.45, 7) is 4.08. The zero-order chi connectivity index (χ0) is 16.3. The molecule has 0 aliphatic carbocycles. The number of aromatic nitrogens is 1. The van der Waals surface area contributed by atoms with Crippen molar-refractivity contribution in [1.29, 1.82) is 0 Å². The summed E-state index contributed by atoms with van der Waals surface area (Å²) in [6, 6.07) is 9.76. The Morgan fingerprint density at radius 3 is 2.36 bits per heavy atom. The first-order valence-corrected chi connectivity index (χ1v) is 7.30. The molecule has 6 heteroatoms. The molecule has 1 aromatic heterocycles. The number of halogens is 1. The summed E-state index contributed by atoms with van der Waals surface area (Å²) in [5.74, 6) is 1.80. The molecule has 0 fully saturated rings. The van der Waals surface area contributed by atoms with Crippen molar-refractivity contribution in [3.8, 4) is 11.1 Å². The van der Waals surface area contributed by atoms with E-state index in [-0.39, 0.29) is 0 Å². The molecular weight excluding hydrogens is 298 g/mol. The number of guanidine groups is 1. The van der Waals surface area contributed by atoms with Gasteiger partial charge < -0.3 is 0 Å². The van der Waals surface area contributed by atoms with Crippen LogP contribution in [0.5, 0.6) is 0 Å². The first kappa shape index (κ1) is 16.1. The highest BCUT2D eigenvalue weighted by atomic mass is 35.5. The fraction of sp³-hybridized carbons (Fsp3) is 0.250. The van der Waals surface area contributed by atoms with Crippen LogP contribution < -0.4 is 5.43 Å². The monoisotopic (exact) mass is 319 g/mol. The molecule has 0 atom stereocenters. The third kappa shape index (κ3) is 3.49. The minimum atomic E-state index is 0.723. The zero-order valence-electron chi connectivity index (χ0n) is 13.4. The van der Waals surface area contributed by atoms with E-state index in [9.17, 15) is 0 Å². The minimum Gasteiger partial charge on any atom is -0.267 e. The van der Waals surface area contributed by atoms with E-state index in [1.165, 1.54) is 0 Å². The summed E-state index contributed by atoms with van der Waals surface area (Å²) in [6.07, 6.45) is 1.89. The molecular formula is C16H22ClN5+2. The van der Waals surface area contributed by atoms with Crippen molar-refractivity contribution in [3.05, 3.63) is 41.6 Å². The number of aromatic amines is 1. The summed E-state index contributed by atoms with van der Waals surface area (Å²) in [4.78, 5) is 5.21. The molecule has 0 aliphatic heterocycles. The summed E-state index contributed by atoms with van der Waals surface area (Å²) in [7, 11) is 7.91. The van der Waals surface area contributed by atoms with Crippen molar-refractivity contribution in [3.63, 3.8) is 0 Å². The van der Waals surface area contributed by atoms with Crippen LogP contribution in [0.25, 0.3) is 11.1 Å². The molecule has 0 saturated carbocycles. The maximum absolute atomic E-state index is 5.96. The Hall–Kier alpha value is -2.27. The number of nitrogens with one attached hydrogen (secondary N) is 2. The number of hydrogen-bond donors (Lipinski definition) is 2. The van der Waals surface area contributed by atoms with Gasteiger partial charge in [0.1, 0.15) is 0 Å². The maximum Gasteiger partial charge on any atom is 0.386 e. The van der Waals surface area contributed by atoms with Gasteiger partial charge >= 0.3 is 11.8 Å². The first-order chi connectivity index (χ1) is 10.4. The molecule has 1 heterocycles. The second-order valence-electron chi connectivity index (χ2n) is 5.40. The third-order valence-corrected chi connectivity index (χ3v) is 3.48. The van der Waals surface area contributed by atoms with Gasteiger partial charge in [0.2, 0.25) is 0 Å². The molecule has 0 spiro atoms. The van der Waals surface area contributed by atoms with Gasteiger partial charge in [0.05, 0.1) is 46.7 Å². The van der Waals surface area contributed by atoms with E-state index in [1.54, 1.807) is 4.68 Å². The molecule has 0 amide bonds. The Morgan fingerprint density at radius 2 is 1.82 bits per heavy atom. The number of benzene rings is 1. The number of rotatable bonds is 3. The second kappa shape index (κ2) is 6.66. The SMILES string of the molecule is C=[N+](NC(N(C)C)=[N+](C)C)c1[nH]ccc1-c1ccc(Cl)cc1. The van der Waals surface area contributed by atoms with Gasteiger partial charge in [0.15, 0.2) is 0 Å². The van der Waals surface area contributed by atoms with E-state index in [0.29, 0.717) is 0 Å². The average molecular weight is 320 g/mol. The molecule has 5 nitrogen and oxygen atoms in total. The van der Waals surface area contributed by atoms with Crippen LogP contribution in [0.15, 0.2) is 36.5 Å². The third-order valence-electron chi connectivity index (χ3n) is 3.23. The van der Waals surface area contributed by atoms with Crippen molar-refractivity contribution < 1.29 is 9.26 Å². The van der Waals surface area contributed by atoms with Gasteiger partial charge in [-0.05, 0) is 23.8 Å². The lowest BCUT2D eigenvalue weighted by molar-refractivity contribution is -0.522. The topological polar surface area (TPSA) is 37.1 Å². The zero-order valence-corrected chi connectivity index (χ0v) is 14.1. The van der Waals surface area contributed by atoms with Gasteiger partial charge in [0.25, 0.3) is 0 Å². The van der Waals surface area contributed by atoms with Gasteiger partial charge in [-0.25, -0.2) is 4.98 Å². The van der Waals surface area contributed by atoms with Crippen LogP contribution in [-0.4, -0.2) is 60.0 Å². The van der Waals surface area contributed by atoms with Crippen molar-refractivity contribution in [2.24, 2.45) is 0 Å². The van der Waals surface area contributed by atoms with Crippen LogP contribution in [0.1, 0.15) is 0 Å². The molecule has 0 unspecified atom stereocenters. The van der Waals surface area contributed by atoms with Crippen molar-refractivity contribution in [2.45, 2.75) is 0 Å². The van der Waals surface area contributed by atoms with E-state index in [2.05, 4.69) is 17.1 Å². The largest absolute Gasteiger partial charge is 0.386 e. The molecule has 0 saturated heterocycles. The van der Waals surface area contributed by atoms with Crippen LogP contribution in [0, 0.1) is 0 Å². The summed E-state index contributed by atoms with van der Waals surface area (Å²) in [5, 5.41) is 0.723. The van der Waals surface area contributed by atoms with Crippen molar-refractivity contribution in [2.75, 3.05) is 28.2 Å². The Morgan fingerprint density at radius 1 is 1.18 bits per heavy atom. The second-order valence-corrected chi connectivity index (χ2v) is 5.84. The van der Waals surface area contributed by atoms with E-state index in [1.807, 2.05) is 74.2 Å². The van der Waals surface area contributed by atoms with Crippen molar-refractivity contribution in [1.82, 2.24) is 15.3 Å². The lowest BCUT2D eigenvalue weighted by Crippen LogP contribution is -2.45. The highest BCUT2D eigenvalue weighted by Gasteiger charge is 2.22. The van der Waals surface area contributed by atoms with Crippen LogP contribution in [-0.2, 0) is 0 Å². The predicted octanol–water partition coefficient (Wildman–Crippen LogP) is 2.37. The lowest BCUT2D eigenvalue weighted by Gasteiger charge is -2.12. The Bertz CT molecular complexity index is 694. The molecule has 22 heavy (non-hydrogen) atoms. The molecule has 1 aromatic carbocycles. The standard InChI is InChI=1S/C16H21ClN5/c1-20(2)16(21(3)4)19-22(5)15-14(10-11-18-15)12-6-8-13(17)9-7-12/h6-11,18H,5H2,1-4H3/q+1/p+1. The highest BCUT2D eigenvalue weighted by molar-refractivity contribution is 6.30. The van der Waals surface area contributed by atoms with Gasteiger partial charge in [-0.3, -0.25) is 9.48 Å². The fourth-order valence-electron chi connectivity index (χ4n) is 2.22. The van der Waals surface area contributed by atoms with Crippen molar-refractivity contribution >= 4 is 30.1 Å². The molecule has 0 radical (unpaired) electrons. The van der Waals surface area contributed by atoms with E-state index >= 15 is 0 Å². The Balaban J connectivity index is 2.31. The minimum absolute atomic E-state index is 0.723.